The van der Waals surface area contributed by atoms with Crippen LogP contribution in [0.2, 0.25) is 0 Å². The summed E-state index contributed by atoms with van der Waals surface area (Å²) < 4.78 is 13.9. The smallest absolute Gasteiger partial charge is 0.339 e. The molecule has 1 amide bonds. The second-order valence-electron chi connectivity index (χ2n) is 9.58. The van der Waals surface area contributed by atoms with Gasteiger partial charge >= 0.3 is 12.0 Å². The van der Waals surface area contributed by atoms with Crippen LogP contribution in [0, 0.1) is 12.3 Å². The van der Waals surface area contributed by atoms with Crippen LogP contribution in [-0.4, -0.2) is 61.3 Å². The van der Waals surface area contributed by atoms with E-state index in [-0.39, 0.29) is 40.5 Å². The van der Waals surface area contributed by atoms with Gasteiger partial charge < -0.3 is 29.8 Å². The van der Waals surface area contributed by atoms with E-state index in [4.69, 9.17) is 20.6 Å². The number of aromatic nitrogens is 4. The molecule has 2 heterocycles. The van der Waals surface area contributed by atoms with Gasteiger partial charge in [-0.15, -0.1) is 0 Å². The fourth-order valence-corrected chi connectivity index (χ4v) is 4.25. The first kappa shape index (κ1) is 27.8. The fraction of sp³-hybridized carbons (Fsp3) is 0.133. The van der Waals surface area contributed by atoms with Crippen molar-refractivity contribution < 1.29 is 24.2 Å². The van der Waals surface area contributed by atoms with Gasteiger partial charge in [0.05, 0.1) is 6.54 Å². The third-order valence-corrected chi connectivity index (χ3v) is 6.34. The van der Waals surface area contributed by atoms with Gasteiger partial charge in [-0.1, -0.05) is 42.5 Å². The molecule has 0 bridgehead atoms. The molecule has 0 spiro atoms. The Hall–Kier alpha value is -5.78. The SMILES string of the molecule is Cc1nc2c(Oc3cccc(C(=O)N(C)C)c3)nc(Oc3cc(C(=N)N)ccc3C(=O)O)nc2n1Cc1ccccc1. The average molecular weight is 566 g/mol. The Kier molecular flexibility index (Phi) is 7.52. The van der Waals surface area contributed by atoms with Crippen molar-refractivity contribution in [1.29, 1.82) is 5.41 Å². The molecule has 12 heteroatoms. The number of carbonyl (C=O) groups excluding carboxylic acids is 1. The highest BCUT2D eigenvalue weighted by atomic mass is 16.5. The van der Waals surface area contributed by atoms with Crippen molar-refractivity contribution >= 4 is 28.9 Å². The minimum atomic E-state index is -1.25. The first-order valence-electron chi connectivity index (χ1n) is 12.8. The Morgan fingerprint density at radius 2 is 1.71 bits per heavy atom. The molecule has 0 unspecified atom stereocenters. The number of ether oxygens (including phenoxy) is 2. The number of nitrogen functional groups attached to an aromatic ring is 1. The predicted molar refractivity (Wildman–Crippen MR) is 155 cm³/mol. The summed E-state index contributed by atoms with van der Waals surface area (Å²) in [5.41, 5.74) is 7.86. The number of benzene rings is 3. The van der Waals surface area contributed by atoms with Gasteiger partial charge in [0, 0.05) is 25.2 Å². The predicted octanol–water partition coefficient (Wildman–Crippen LogP) is 4.45. The number of carbonyl (C=O) groups is 2. The molecule has 0 aliphatic carbocycles. The lowest BCUT2D eigenvalue weighted by atomic mass is 10.1. The fourth-order valence-electron chi connectivity index (χ4n) is 4.25. The highest BCUT2D eigenvalue weighted by Gasteiger charge is 2.22. The number of nitrogens with one attached hydrogen (secondary N) is 1. The number of hydrogen-bond donors (Lipinski definition) is 3. The molecule has 0 saturated heterocycles. The number of carboxylic acids is 1. The van der Waals surface area contributed by atoms with Crippen LogP contribution in [0.1, 0.15) is 37.7 Å². The molecule has 5 rings (SSSR count). The number of nitrogens with two attached hydrogens (primary N) is 1. The van der Waals surface area contributed by atoms with E-state index in [9.17, 15) is 14.7 Å². The summed E-state index contributed by atoms with van der Waals surface area (Å²) >= 11 is 0. The van der Waals surface area contributed by atoms with E-state index in [0.29, 0.717) is 34.8 Å². The number of rotatable bonds is 9. The maximum absolute atomic E-state index is 12.5. The minimum Gasteiger partial charge on any atom is -0.478 e. The molecule has 0 radical (unpaired) electrons. The molecule has 4 N–H and O–H groups in total. The summed E-state index contributed by atoms with van der Waals surface area (Å²) in [6.45, 7) is 2.26. The molecule has 2 aromatic heterocycles. The average Bonchev–Trinajstić information content (AvgIpc) is 3.28. The van der Waals surface area contributed by atoms with Crippen LogP contribution in [0.3, 0.4) is 0 Å². The van der Waals surface area contributed by atoms with Crippen LogP contribution in [0.25, 0.3) is 11.2 Å². The number of amidine groups is 1. The number of nitrogens with zero attached hydrogens (tertiary/aromatic N) is 5. The second-order valence-corrected chi connectivity index (χ2v) is 9.58. The van der Waals surface area contributed by atoms with E-state index >= 15 is 0 Å². The molecule has 0 saturated carbocycles. The summed E-state index contributed by atoms with van der Waals surface area (Å²) in [6.07, 6.45) is 0. The Labute approximate surface area is 240 Å². The Balaban J connectivity index is 1.64. The Morgan fingerprint density at radius 1 is 0.952 bits per heavy atom. The van der Waals surface area contributed by atoms with Crippen molar-refractivity contribution in [1.82, 2.24) is 24.4 Å². The van der Waals surface area contributed by atoms with Crippen molar-refractivity contribution in [2.45, 2.75) is 13.5 Å². The van der Waals surface area contributed by atoms with E-state index < -0.39 is 5.97 Å². The maximum Gasteiger partial charge on any atom is 0.339 e. The van der Waals surface area contributed by atoms with Crippen molar-refractivity contribution in [2.24, 2.45) is 5.73 Å². The van der Waals surface area contributed by atoms with Crippen LogP contribution in [0.5, 0.6) is 23.4 Å². The zero-order valence-corrected chi connectivity index (χ0v) is 23.0. The Bertz CT molecular complexity index is 1830. The number of carboxylic acid groups (broad SMARTS) is 1. The molecule has 5 aromatic rings. The number of hydrogen-bond acceptors (Lipinski definition) is 8. The van der Waals surface area contributed by atoms with Gasteiger partial charge in [-0.2, -0.15) is 9.97 Å². The summed E-state index contributed by atoms with van der Waals surface area (Å²) in [7, 11) is 3.31. The van der Waals surface area contributed by atoms with Crippen molar-refractivity contribution in [3.05, 3.63) is 101 Å². The first-order chi connectivity index (χ1) is 20.1. The lowest BCUT2D eigenvalue weighted by Gasteiger charge is -2.13. The summed E-state index contributed by atoms with van der Waals surface area (Å²) in [5.74, 6) is -0.818. The Morgan fingerprint density at radius 3 is 2.40 bits per heavy atom. The van der Waals surface area contributed by atoms with Gasteiger partial charge in [-0.05, 0) is 42.8 Å². The van der Waals surface area contributed by atoms with Crippen LogP contribution in [0.4, 0.5) is 0 Å². The lowest BCUT2D eigenvalue weighted by Crippen LogP contribution is -2.21. The summed E-state index contributed by atoms with van der Waals surface area (Å²) in [5, 5.41) is 17.5. The second kappa shape index (κ2) is 11.4. The highest BCUT2D eigenvalue weighted by molar-refractivity contribution is 5.98. The molecule has 3 aromatic carbocycles. The molecule has 212 valence electrons. The molecule has 0 aliphatic rings. The molecule has 0 aliphatic heterocycles. The minimum absolute atomic E-state index is 0.0407. The van der Waals surface area contributed by atoms with E-state index in [1.807, 2.05) is 41.8 Å². The van der Waals surface area contributed by atoms with E-state index in [0.717, 1.165) is 5.56 Å². The molecule has 0 fully saturated rings. The molecule has 42 heavy (non-hydrogen) atoms. The lowest BCUT2D eigenvalue weighted by molar-refractivity contribution is 0.0693. The highest BCUT2D eigenvalue weighted by Crippen LogP contribution is 2.33. The van der Waals surface area contributed by atoms with Crippen molar-refractivity contribution in [3.8, 4) is 23.4 Å². The number of fused-ring (bicyclic) bond motifs is 1. The normalized spacial score (nSPS) is 10.8. The summed E-state index contributed by atoms with van der Waals surface area (Å²) in [6, 6.07) is 20.2. The molecule has 12 nitrogen and oxygen atoms in total. The van der Waals surface area contributed by atoms with Gasteiger partial charge in [0.25, 0.3) is 11.8 Å². The van der Waals surface area contributed by atoms with Gasteiger partial charge in [0.2, 0.25) is 0 Å². The number of aryl methyl sites for hydroxylation is 1. The molecule has 0 atom stereocenters. The maximum atomic E-state index is 12.5. The quantitative estimate of drug-likeness (QED) is 0.173. The number of aromatic carboxylic acids is 1. The first-order valence-corrected chi connectivity index (χ1v) is 12.8. The van der Waals surface area contributed by atoms with Gasteiger partial charge in [-0.3, -0.25) is 10.2 Å². The van der Waals surface area contributed by atoms with Crippen LogP contribution < -0.4 is 15.2 Å². The standard InChI is InChI=1S/C30H27N7O5/c1-17-33-24-26(37(17)16-18-8-5-4-6-9-18)34-30(42-23-15-19(25(31)32)12-13-22(23)29(39)40)35-27(24)41-21-11-7-10-20(14-21)28(38)36(2)3/h4-15H,16H2,1-3H3,(H3,31,32)(H,39,40). The van der Waals surface area contributed by atoms with Crippen molar-refractivity contribution in [3.63, 3.8) is 0 Å². The van der Waals surface area contributed by atoms with E-state index in [1.54, 1.807) is 38.4 Å². The van der Waals surface area contributed by atoms with E-state index in [1.165, 1.54) is 23.1 Å². The largest absolute Gasteiger partial charge is 0.478 e. The van der Waals surface area contributed by atoms with E-state index in [2.05, 4.69) is 15.0 Å². The van der Waals surface area contributed by atoms with Gasteiger partial charge in [0.1, 0.15) is 28.7 Å². The van der Waals surface area contributed by atoms with Crippen LogP contribution in [-0.2, 0) is 6.54 Å². The van der Waals surface area contributed by atoms with Crippen LogP contribution >= 0.6 is 0 Å². The molecular weight excluding hydrogens is 538 g/mol. The number of amides is 1. The third-order valence-electron chi connectivity index (χ3n) is 6.34. The monoisotopic (exact) mass is 565 g/mol. The topological polar surface area (TPSA) is 170 Å². The zero-order valence-electron chi connectivity index (χ0n) is 23.0. The van der Waals surface area contributed by atoms with Crippen molar-refractivity contribution in [2.75, 3.05) is 14.1 Å². The summed E-state index contributed by atoms with van der Waals surface area (Å²) in [4.78, 5) is 39.6. The van der Waals surface area contributed by atoms with Crippen LogP contribution in [0.15, 0.2) is 72.8 Å². The van der Waals surface area contributed by atoms with Gasteiger partial charge in [-0.25, -0.2) is 9.78 Å². The zero-order chi connectivity index (χ0) is 30.0. The number of imidazole rings is 1. The van der Waals surface area contributed by atoms with Gasteiger partial charge in [0.15, 0.2) is 11.2 Å². The molecular formula is C30H27N7O5. The third kappa shape index (κ3) is 5.72.